The second kappa shape index (κ2) is 5.84. The van der Waals surface area contributed by atoms with Gasteiger partial charge in [0.1, 0.15) is 0 Å². The third-order valence-electron chi connectivity index (χ3n) is 2.95. The van der Waals surface area contributed by atoms with Gasteiger partial charge < -0.3 is 10.5 Å². The van der Waals surface area contributed by atoms with Gasteiger partial charge >= 0.3 is 0 Å². The number of aromatic nitrogens is 1. The zero-order chi connectivity index (χ0) is 15.6. The van der Waals surface area contributed by atoms with Gasteiger partial charge in [-0.25, -0.2) is 9.37 Å². The molecule has 0 radical (unpaired) electrons. The maximum atomic E-state index is 13.8. The molecule has 2 N–H and O–H groups in total. The number of aryl methyl sites for hydroxylation is 1. The molecule has 0 saturated carbocycles. The Hall–Kier alpha value is -2.54. The summed E-state index contributed by atoms with van der Waals surface area (Å²) >= 11 is 0. The van der Waals surface area contributed by atoms with Crippen LogP contribution in [0.25, 0.3) is 0 Å². The van der Waals surface area contributed by atoms with Gasteiger partial charge in [0.15, 0.2) is 11.6 Å². The van der Waals surface area contributed by atoms with Gasteiger partial charge in [-0.15, -0.1) is 0 Å². The van der Waals surface area contributed by atoms with E-state index in [1.807, 2.05) is 6.92 Å². The fourth-order valence-corrected chi connectivity index (χ4v) is 1.75. The molecular weight excluding hydrogens is 277 g/mol. The smallest absolute Gasteiger partial charge is 0.275 e. The lowest BCUT2D eigenvalue weighted by molar-refractivity contribution is -0.385. The van der Waals surface area contributed by atoms with Gasteiger partial charge in [0.2, 0.25) is 5.88 Å². The van der Waals surface area contributed by atoms with Crippen molar-refractivity contribution in [3.63, 3.8) is 0 Å². The SMILES string of the molecule is Cc1cc(Oc2ccc([C@@H](C)N)cn2)c(F)cc1[N+](=O)[O-]. The lowest BCUT2D eigenvalue weighted by Gasteiger charge is -2.09. The van der Waals surface area contributed by atoms with E-state index in [4.69, 9.17) is 10.5 Å². The van der Waals surface area contributed by atoms with E-state index >= 15 is 0 Å². The average molecular weight is 291 g/mol. The van der Waals surface area contributed by atoms with E-state index in [1.54, 1.807) is 12.1 Å². The summed E-state index contributed by atoms with van der Waals surface area (Å²) in [5, 5.41) is 10.7. The number of nitro benzene ring substituents is 1. The van der Waals surface area contributed by atoms with Gasteiger partial charge in [-0.1, -0.05) is 6.07 Å². The number of rotatable bonds is 4. The zero-order valence-corrected chi connectivity index (χ0v) is 11.5. The third-order valence-corrected chi connectivity index (χ3v) is 2.95. The molecule has 1 heterocycles. The number of nitro groups is 1. The van der Waals surface area contributed by atoms with Gasteiger partial charge in [0, 0.05) is 23.9 Å². The predicted octanol–water partition coefficient (Wildman–Crippen LogP) is 3.25. The molecule has 0 spiro atoms. The number of pyridine rings is 1. The Morgan fingerprint density at radius 1 is 1.43 bits per heavy atom. The minimum Gasteiger partial charge on any atom is -0.436 e. The van der Waals surface area contributed by atoms with Gasteiger partial charge in [-0.05, 0) is 25.5 Å². The molecule has 0 aliphatic rings. The van der Waals surface area contributed by atoms with E-state index in [0.717, 1.165) is 11.6 Å². The Bertz CT molecular complexity index is 672. The number of halogens is 1. The number of nitrogens with two attached hydrogens (primary N) is 1. The second-order valence-corrected chi connectivity index (χ2v) is 4.65. The molecule has 2 aromatic rings. The summed E-state index contributed by atoms with van der Waals surface area (Å²) in [6.07, 6.45) is 1.54. The highest BCUT2D eigenvalue weighted by atomic mass is 19.1. The third kappa shape index (κ3) is 3.32. The molecule has 0 saturated heterocycles. The lowest BCUT2D eigenvalue weighted by Crippen LogP contribution is -2.05. The van der Waals surface area contributed by atoms with Crippen LogP contribution in [0.1, 0.15) is 24.1 Å². The molecule has 0 bridgehead atoms. The fourth-order valence-electron chi connectivity index (χ4n) is 1.75. The molecule has 0 unspecified atom stereocenters. The van der Waals surface area contributed by atoms with E-state index in [1.165, 1.54) is 19.2 Å². The van der Waals surface area contributed by atoms with Crippen molar-refractivity contribution >= 4 is 5.69 Å². The molecule has 110 valence electrons. The first-order chi connectivity index (χ1) is 9.88. The molecule has 21 heavy (non-hydrogen) atoms. The summed E-state index contributed by atoms with van der Waals surface area (Å²) in [6, 6.07) is 5.23. The molecular formula is C14H14FN3O3. The number of hydrogen-bond donors (Lipinski definition) is 1. The Kier molecular flexibility index (Phi) is 4.13. The molecule has 2 rings (SSSR count). The van der Waals surface area contributed by atoms with Crippen LogP contribution in [-0.2, 0) is 0 Å². The van der Waals surface area contributed by atoms with E-state index in [2.05, 4.69) is 4.98 Å². The molecule has 1 atom stereocenters. The molecule has 0 amide bonds. The lowest BCUT2D eigenvalue weighted by atomic mass is 10.1. The summed E-state index contributed by atoms with van der Waals surface area (Å²) < 4.78 is 19.1. The number of ether oxygens (including phenoxy) is 1. The normalized spacial score (nSPS) is 12.0. The molecule has 6 nitrogen and oxygen atoms in total. The molecule has 0 aliphatic heterocycles. The Balaban J connectivity index is 2.27. The highest BCUT2D eigenvalue weighted by molar-refractivity contribution is 5.46. The summed E-state index contributed by atoms with van der Waals surface area (Å²) in [6.45, 7) is 3.33. The largest absolute Gasteiger partial charge is 0.436 e. The van der Waals surface area contributed by atoms with Crippen LogP contribution in [0.5, 0.6) is 11.6 Å². The first-order valence-electron chi connectivity index (χ1n) is 6.22. The van der Waals surface area contributed by atoms with Crippen molar-refractivity contribution in [3.8, 4) is 11.6 Å². The molecule has 1 aromatic heterocycles. The highest BCUT2D eigenvalue weighted by Gasteiger charge is 2.17. The first-order valence-corrected chi connectivity index (χ1v) is 6.22. The zero-order valence-electron chi connectivity index (χ0n) is 11.5. The number of benzene rings is 1. The monoisotopic (exact) mass is 291 g/mol. The molecule has 0 aliphatic carbocycles. The molecule has 7 heteroatoms. The Labute approximate surface area is 120 Å². The minimum atomic E-state index is -0.814. The van der Waals surface area contributed by atoms with Crippen molar-refractivity contribution in [3.05, 3.63) is 57.5 Å². The predicted molar refractivity (Wildman–Crippen MR) is 74.7 cm³/mol. The Morgan fingerprint density at radius 2 is 2.14 bits per heavy atom. The van der Waals surface area contributed by atoms with Crippen LogP contribution in [0.3, 0.4) is 0 Å². The van der Waals surface area contributed by atoms with Gasteiger partial charge in [-0.3, -0.25) is 10.1 Å². The second-order valence-electron chi connectivity index (χ2n) is 4.65. The van der Waals surface area contributed by atoms with Crippen molar-refractivity contribution in [1.29, 1.82) is 0 Å². The summed E-state index contributed by atoms with van der Waals surface area (Å²) in [4.78, 5) is 14.1. The van der Waals surface area contributed by atoms with Crippen molar-refractivity contribution < 1.29 is 14.1 Å². The Morgan fingerprint density at radius 3 is 2.67 bits per heavy atom. The quantitative estimate of drug-likeness (QED) is 0.689. The van der Waals surface area contributed by atoms with Crippen molar-refractivity contribution in [2.45, 2.75) is 19.9 Å². The van der Waals surface area contributed by atoms with Crippen LogP contribution in [0, 0.1) is 22.9 Å². The van der Waals surface area contributed by atoms with Crippen LogP contribution in [0.4, 0.5) is 10.1 Å². The first kappa shape index (κ1) is 14.9. The molecule has 0 fully saturated rings. The maximum absolute atomic E-state index is 13.8. The van der Waals surface area contributed by atoms with E-state index in [9.17, 15) is 14.5 Å². The van der Waals surface area contributed by atoms with Gasteiger partial charge in [-0.2, -0.15) is 0 Å². The van der Waals surface area contributed by atoms with Crippen LogP contribution >= 0.6 is 0 Å². The number of hydrogen-bond acceptors (Lipinski definition) is 5. The highest BCUT2D eigenvalue weighted by Crippen LogP contribution is 2.29. The average Bonchev–Trinajstić information content (AvgIpc) is 2.42. The van der Waals surface area contributed by atoms with Gasteiger partial charge in [0.05, 0.1) is 11.0 Å². The minimum absolute atomic E-state index is 0.112. The van der Waals surface area contributed by atoms with Crippen LogP contribution in [-0.4, -0.2) is 9.91 Å². The van der Waals surface area contributed by atoms with Crippen molar-refractivity contribution in [2.75, 3.05) is 0 Å². The summed E-state index contributed by atoms with van der Waals surface area (Å²) in [5.41, 5.74) is 6.54. The van der Waals surface area contributed by atoms with Gasteiger partial charge in [0.25, 0.3) is 5.69 Å². The molecule has 1 aromatic carbocycles. The van der Waals surface area contributed by atoms with Crippen LogP contribution in [0.15, 0.2) is 30.5 Å². The van der Waals surface area contributed by atoms with E-state index in [0.29, 0.717) is 5.56 Å². The van der Waals surface area contributed by atoms with Crippen molar-refractivity contribution in [1.82, 2.24) is 4.98 Å². The standard InChI is InChI=1S/C14H14FN3O3/c1-8-5-13(11(15)6-12(8)18(19)20)21-14-4-3-10(7-17-14)9(2)16/h3-7,9H,16H2,1-2H3/t9-/m1/s1. The van der Waals surface area contributed by atoms with E-state index < -0.39 is 10.7 Å². The number of nitrogens with zero attached hydrogens (tertiary/aromatic N) is 2. The topological polar surface area (TPSA) is 91.3 Å². The summed E-state index contributed by atoms with van der Waals surface area (Å²) in [5.74, 6) is -0.740. The van der Waals surface area contributed by atoms with Crippen LogP contribution in [0.2, 0.25) is 0 Å². The van der Waals surface area contributed by atoms with E-state index in [-0.39, 0.29) is 23.4 Å². The van der Waals surface area contributed by atoms with Crippen molar-refractivity contribution in [2.24, 2.45) is 5.73 Å². The maximum Gasteiger partial charge on any atom is 0.275 e. The van der Waals surface area contributed by atoms with Crippen LogP contribution < -0.4 is 10.5 Å². The summed E-state index contributed by atoms with van der Waals surface area (Å²) in [7, 11) is 0. The fraction of sp³-hybridized carbons (Fsp3) is 0.214.